The lowest BCUT2D eigenvalue weighted by Crippen LogP contribution is -2.43. The molecule has 0 radical (unpaired) electrons. The monoisotopic (exact) mass is 378 g/mol. The van der Waals surface area contributed by atoms with E-state index in [4.69, 9.17) is 0 Å². The van der Waals surface area contributed by atoms with Crippen LogP contribution in [0, 0.1) is 25.7 Å². The van der Waals surface area contributed by atoms with Gasteiger partial charge in [0, 0.05) is 26.2 Å². The summed E-state index contributed by atoms with van der Waals surface area (Å²) in [6.45, 7) is 11.3. The van der Waals surface area contributed by atoms with Crippen molar-refractivity contribution >= 4 is 10.0 Å². The van der Waals surface area contributed by atoms with Gasteiger partial charge < -0.3 is 4.90 Å². The molecule has 0 saturated carbocycles. The molecule has 1 atom stereocenters. The summed E-state index contributed by atoms with van der Waals surface area (Å²) in [5.41, 5.74) is 3.12. The number of aryl methyl sites for hydroxylation is 2. The van der Waals surface area contributed by atoms with E-state index >= 15 is 0 Å². The van der Waals surface area contributed by atoms with Gasteiger partial charge in [-0.25, -0.2) is 12.7 Å². The summed E-state index contributed by atoms with van der Waals surface area (Å²) < 4.78 is 27.5. The van der Waals surface area contributed by atoms with Gasteiger partial charge in [-0.15, -0.1) is 0 Å². The Kier molecular flexibility index (Phi) is 6.41. The molecule has 5 heteroatoms. The molecule has 0 aliphatic carbocycles. The van der Waals surface area contributed by atoms with Gasteiger partial charge in [-0.2, -0.15) is 0 Å². The summed E-state index contributed by atoms with van der Waals surface area (Å²) in [5, 5.41) is 0. The van der Waals surface area contributed by atoms with Crippen molar-refractivity contribution in [1.82, 2.24) is 9.21 Å². The molecule has 0 bridgehead atoms. The Bertz CT molecular complexity index is 709. The summed E-state index contributed by atoms with van der Waals surface area (Å²) in [4.78, 5) is 2.60. The minimum atomic E-state index is -3.22. The summed E-state index contributed by atoms with van der Waals surface area (Å²) in [6.07, 6.45) is 4.66. The second-order valence-corrected chi connectivity index (χ2v) is 10.5. The lowest BCUT2D eigenvalue weighted by molar-refractivity contribution is 0.136. The Balaban J connectivity index is 1.54. The molecule has 1 aromatic rings. The fraction of sp³-hybridized carbons (Fsp3) is 0.714. The fourth-order valence-electron chi connectivity index (χ4n) is 4.43. The van der Waals surface area contributed by atoms with Gasteiger partial charge in [0.1, 0.15) is 0 Å². The molecule has 2 fully saturated rings. The van der Waals surface area contributed by atoms with Crippen LogP contribution in [0.3, 0.4) is 0 Å². The number of hydrogen-bond donors (Lipinski definition) is 0. The van der Waals surface area contributed by atoms with Crippen molar-refractivity contribution in [3.63, 3.8) is 0 Å². The smallest absolute Gasteiger partial charge is 0.218 e. The largest absolute Gasteiger partial charge is 0.303 e. The number of sulfonamides is 1. The Morgan fingerprint density at radius 1 is 1.08 bits per heavy atom. The third kappa shape index (κ3) is 5.08. The van der Waals surface area contributed by atoms with Crippen LogP contribution in [0.2, 0.25) is 0 Å². The maximum atomic E-state index is 12.9. The quantitative estimate of drug-likeness (QED) is 0.786. The molecular formula is C21H34N2O2S. The number of benzene rings is 1. The van der Waals surface area contributed by atoms with Gasteiger partial charge in [0.15, 0.2) is 0 Å². The van der Waals surface area contributed by atoms with Crippen molar-refractivity contribution in [3.8, 4) is 0 Å². The summed E-state index contributed by atoms with van der Waals surface area (Å²) in [7, 11) is -3.22. The molecule has 0 spiro atoms. The van der Waals surface area contributed by atoms with Crippen molar-refractivity contribution in [2.75, 3.05) is 32.7 Å². The highest BCUT2D eigenvalue weighted by atomic mass is 32.2. The molecule has 0 amide bonds. The topological polar surface area (TPSA) is 40.6 Å². The normalized spacial score (nSPS) is 24.0. The molecule has 2 saturated heterocycles. The molecule has 26 heavy (non-hydrogen) atoms. The van der Waals surface area contributed by atoms with Crippen LogP contribution in [0.4, 0.5) is 0 Å². The van der Waals surface area contributed by atoms with Gasteiger partial charge >= 0.3 is 0 Å². The van der Waals surface area contributed by atoms with Crippen molar-refractivity contribution < 1.29 is 8.42 Å². The molecule has 2 aliphatic heterocycles. The van der Waals surface area contributed by atoms with E-state index in [0.717, 1.165) is 42.0 Å². The zero-order valence-corrected chi connectivity index (χ0v) is 17.4. The van der Waals surface area contributed by atoms with Crippen molar-refractivity contribution in [3.05, 3.63) is 34.9 Å². The summed E-state index contributed by atoms with van der Waals surface area (Å²) in [5.74, 6) is 1.59. The molecule has 0 aromatic heterocycles. The molecule has 2 heterocycles. The van der Waals surface area contributed by atoms with Crippen LogP contribution < -0.4 is 0 Å². The molecular weight excluding hydrogens is 344 g/mol. The molecule has 2 aliphatic rings. The first-order chi connectivity index (χ1) is 12.3. The first-order valence-corrected chi connectivity index (χ1v) is 11.7. The number of rotatable bonds is 5. The predicted octanol–water partition coefficient (Wildman–Crippen LogP) is 3.58. The highest BCUT2D eigenvalue weighted by molar-refractivity contribution is 7.88. The zero-order chi connectivity index (χ0) is 18.7. The standard InChI is InChI=1S/C21H34N2O2S/c1-17-6-7-19(3)21(13-17)16-26(24,25)23-11-8-20(9-12-23)15-22-10-4-5-18(2)14-22/h6-7,13,18,20H,4-5,8-12,14-16H2,1-3H3/t18-/m0/s1. The third-order valence-electron chi connectivity index (χ3n) is 6.07. The Morgan fingerprint density at radius 2 is 1.81 bits per heavy atom. The SMILES string of the molecule is Cc1ccc(C)c(CS(=O)(=O)N2CCC(CN3CCC[C@H](C)C3)CC2)c1. The van der Waals surface area contributed by atoms with E-state index in [1.165, 1.54) is 25.9 Å². The van der Waals surface area contributed by atoms with Crippen LogP contribution in [0.1, 0.15) is 49.3 Å². The first kappa shape index (κ1) is 19.8. The zero-order valence-electron chi connectivity index (χ0n) is 16.6. The maximum absolute atomic E-state index is 12.9. The van der Waals surface area contributed by atoms with E-state index in [0.29, 0.717) is 19.0 Å². The molecule has 1 aromatic carbocycles. The van der Waals surface area contributed by atoms with Crippen LogP contribution >= 0.6 is 0 Å². The van der Waals surface area contributed by atoms with Crippen molar-refractivity contribution in [2.45, 2.75) is 52.2 Å². The van der Waals surface area contributed by atoms with Gasteiger partial charge in [0.05, 0.1) is 5.75 Å². The average molecular weight is 379 g/mol. The lowest BCUT2D eigenvalue weighted by Gasteiger charge is -2.37. The minimum Gasteiger partial charge on any atom is -0.303 e. The number of piperidine rings is 2. The van der Waals surface area contributed by atoms with Crippen LogP contribution in [0.5, 0.6) is 0 Å². The van der Waals surface area contributed by atoms with Crippen LogP contribution in [-0.2, 0) is 15.8 Å². The van der Waals surface area contributed by atoms with E-state index < -0.39 is 10.0 Å². The third-order valence-corrected chi connectivity index (χ3v) is 7.89. The Morgan fingerprint density at radius 3 is 2.50 bits per heavy atom. The Labute approximate surface area is 159 Å². The number of hydrogen-bond acceptors (Lipinski definition) is 3. The van der Waals surface area contributed by atoms with Gasteiger partial charge in [0.25, 0.3) is 0 Å². The van der Waals surface area contributed by atoms with Gasteiger partial charge in [-0.1, -0.05) is 30.7 Å². The predicted molar refractivity (Wildman–Crippen MR) is 108 cm³/mol. The molecule has 0 N–H and O–H groups in total. The highest BCUT2D eigenvalue weighted by Crippen LogP contribution is 2.25. The molecule has 3 rings (SSSR count). The van der Waals surface area contributed by atoms with Gasteiger partial charge in [-0.3, -0.25) is 0 Å². The van der Waals surface area contributed by atoms with Gasteiger partial charge in [0.2, 0.25) is 10.0 Å². The minimum absolute atomic E-state index is 0.134. The Hall–Kier alpha value is -0.910. The molecule has 4 nitrogen and oxygen atoms in total. The number of nitrogens with zero attached hydrogens (tertiary/aromatic N) is 2. The van der Waals surface area contributed by atoms with E-state index in [2.05, 4.69) is 11.8 Å². The second kappa shape index (κ2) is 8.41. The second-order valence-electron chi connectivity index (χ2n) is 8.54. The fourth-order valence-corrected chi connectivity index (χ4v) is 6.09. The summed E-state index contributed by atoms with van der Waals surface area (Å²) >= 11 is 0. The molecule has 0 unspecified atom stereocenters. The highest BCUT2D eigenvalue weighted by Gasteiger charge is 2.30. The number of likely N-dealkylation sites (tertiary alicyclic amines) is 1. The van der Waals surface area contributed by atoms with Gasteiger partial charge in [-0.05, 0) is 69.0 Å². The first-order valence-electron chi connectivity index (χ1n) is 10.1. The lowest BCUT2D eigenvalue weighted by atomic mass is 9.94. The molecule has 146 valence electrons. The summed E-state index contributed by atoms with van der Waals surface area (Å²) in [6, 6.07) is 6.07. The average Bonchev–Trinajstić information content (AvgIpc) is 2.58. The van der Waals surface area contributed by atoms with E-state index in [9.17, 15) is 8.42 Å². The maximum Gasteiger partial charge on any atom is 0.218 e. The van der Waals surface area contributed by atoms with Crippen LogP contribution in [0.15, 0.2) is 18.2 Å². The van der Waals surface area contributed by atoms with E-state index in [1.807, 2.05) is 32.0 Å². The van der Waals surface area contributed by atoms with Crippen LogP contribution in [0.25, 0.3) is 0 Å². The van der Waals surface area contributed by atoms with E-state index in [1.54, 1.807) is 4.31 Å². The van der Waals surface area contributed by atoms with Crippen LogP contribution in [-0.4, -0.2) is 50.3 Å². The van der Waals surface area contributed by atoms with Crippen molar-refractivity contribution in [2.24, 2.45) is 11.8 Å². The van der Waals surface area contributed by atoms with E-state index in [-0.39, 0.29) is 5.75 Å². The van der Waals surface area contributed by atoms with Crippen molar-refractivity contribution in [1.29, 1.82) is 0 Å².